The van der Waals surface area contributed by atoms with Gasteiger partial charge in [0.25, 0.3) is 0 Å². The Hall–Kier alpha value is -1.75. The summed E-state index contributed by atoms with van der Waals surface area (Å²) in [5, 5.41) is 0.498. The van der Waals surface area contributed by atoms with E-state index in [1.54, 1.807) is 21.9 Å². The lowest BCUT2D eigenvalue weighted by Gasteiger charge is -2.42. The molecule has 5 nitrogen and oxygen atoms in total. The van der Waals surface area contributed by atoms with E-state index in [-0.39, 0.29) is 24.4 Å². The van der Waals surface area contributed by atoms with Gasteiger partial charge in [-0.3, -0.25) is 9.59 Å². The zero-order valence-electron chi connectivity index (χ0n) is 11.7. The average molecular weight is 308 g/mol. The van der Waals surface area contributed by atoms with Gasteiger partial charge in [-0.2, -0.15) is 0 Å². The number of nitrogen functional groups attached to an aromatic ring is 1. The molecule has 0 aromatic heterocycles. The number of benzene rings is 1. The van der Waals surface area contributed by atoms with E-state index >= 15 is 0 Å². The molecule has 1 aromatic carbocycles. The van der Waals surface area contributed by atoms with Gasteiger partial charge in [-0.1, -0.05) is 17.7 Å². The average Bonchev–Trinajstić information content (AvgIpc) is 2.48. The molecule has 6 heteroatoms. The van der Waals surface area contributed by atoms with Crippen LogP contribution in [0.1, 0.15) is 24.8 Å². The molecule has 0 radical (unpaired) electrons. The molecule has 0 aliphatic carbocycles. The molecule has 112 valence electrons. The van der Waals surface area contributed by atoms with Crippen LogP contribution in [0.25, 0.3) is 0 Å². The number of fused-ring (bicyclic) bond motifs is 1. The second-order valence-corrected chi connectivity index (χ2v) is 6.06. The minimum absolute atomic E-state index is 0.0428. The first-order valence-electron chi connectivity index (χ1n) is 7.18. The van der Waals surface area contributed by atoms with Gasteiger partial charge >= 0.3 is 0 Å². The molecular formula is C15H18ClN3O2. The second kappa shape index (κ2) is 5.56. The summed E-state index contributed by atoms with van der Waals surface area (Å²) in [5.74, 6) is 0.0871. The predicted molar refractivity (Wildman–Crippen MR) is 80.6 cm³/mol. The summed E-state index contributed by atoms with van der Waals surface area (Å²) in [6.07, 6.45) is 2.76. The maximum Gasteiger partial charge on any atom is 0.246 e. The minimum atomic E-state index is -0.273. The lowest BCUT2D eigenvalue weighted by Crippen LogP contribution is -2.60. The first kappa shape index (κ1) is 14.2. The number of nitrogens with zero attached hydrogens (tertiary/aromatic N) is 2. The number of amides is 2. The number of halogens is 1. The maximum atomic E-state index is 12.5. The Morgan fingerprint density at radius 3 is 2.86 bits per heavy atom. The molecule has 1 atom stereocenters. The number of hydrogen-bond acceptors (Lipinski definition) is 3. The second-order valence-electron chi connectivity index (χ2n) is 5.65. The highest BCUT2D eigenvalue weighted by atomic mass is 35.5. The highest BCUT2D eigenvalue weighted by Crippen LogP contribution is 2.25. The zero-order valence-corrected chi connectivity index (χ0v) is 12.5. The maximum absolute atomic E-state index is 12.5. The van der Waals surface area contributed by atoms with Crippen molar-refractivity contribution in [1.82, 2.24) is 9.80 Å². The largest absolute Gasteiger partial charge is 0.398 e. The molecule has 0 spiro atoms. The van der Waals surface area contributed by atoms with Crippen LogP contribution < -0.4 is 5.73 Å². The van der Waals surface area contributed by atoms with Crippen LogP contribution in [0.3, 0.4) is 0 Å². The molecule has 3 rings (SSSR count). The fourth-order valence-electron chi connectivity index (χ4n) is 3.08. The summed E-state index contributed by atoms with van der Waals surface area (Å²) in [4.78, 5) is 28.1. The SMILES string of the molecule is Nc1cc(CN2CC(=O)N3CCCCC3C2=O)ccc1Cl. The topological polar surface area (TPSA) is 66.6 Å². The highest BCUT2D eigenvalue weighted by Gasteiger charge is 2.40. The van der Waals surface area contributed by atoms with Crippen molar-refractivity contribution in [2.24, 2.45) is 0 Å². The molecule has 0 saturated carbocycles. The van der Waals surface area contributed by atoms with Gasteiger partial charge in [0.1, 0.15) is 12.6 Å². The van der Waals surface area contributed by atoms with Gasteiger partial charge in [-0.25, -0.2) is 0 Å². The van der Waals surface area contributed by atoms with Gasteiger partial charge in [0.05, 0.1) is 10.7 Å². The van der Waals surface area contributed by atoms with Crippen molar-refractivity contribution in [2.75, 3.05) is 18.8 Å². The zero-order chi connectivity index (χ0) is 15.0. The standard InChI is InChI=1S/C15H18ClN3O2/c16-11-5-4-10(7-12(11)17)8-18-9-14(20)19-6-2-1-3-13(19)15(18)21/h4-5,7,13H,1-3,6,8-9,17H2. The molecular weight excluding hydrogens is 290 g/mol. The van der Waals surface area contributed by atoms with Gasteiger partial charge in [0.15, 0.2) is 0 Å². The Morgan fingerprint density at radius 1 is 1.29 bits per heavy atom. The van der Waals surface area contributed by atoms with Crippen molar-refractivity contribution in [3.05, 3.63) is 28.8 Å². The normalized spacial score (nSPS) is 22.4. The predicted octanol–water partition coefficient (Wildman–Crippen LogP) is 1.65. The molecule has 2 N–H and O–H groups in total. The molecule has 1 aromatic rings. The van der Waals surface area contributed by atoms with E-state index in [1.165, 1.54) is 0 Å². The van der Waals surface area contributed by atoms with Crippen LogP contribution in [-0.4, -0.2) is 40.7 Å². The smallest absolute Gasteiger partial charge is 0.246 e. The number of anilines is 1. The summed E-state index contributed by atoms with van der Waals surface area (Å²) in [6, 6.07) is 5.04. The van der Waals surface area contributed by atoms with E-state index in [4.69, 9.17) is 17.3 Å². The van der Waals surface area contributed by atoms with Crippen LogP contribution in [-0.2, 0) is 16.1 Å². The molecule has 2 amide bonds. The van der Waals surface area contributed by atoms with E-state index in [0.29, 0.717) is 23.8 Å². The summed E-state index contributed by atoms with van der Waals surface area (Å²) in [5.41, 5.74) is 7.16. The van der Waals surface area contributed by atoms with Crippen LogP contribution in [0.2, 0.25) is 5.02 Å². The third-order valence-electron chi connectivity index (χ3n) is 4.18. The van der Waals surface area contributed by atoms with Crippen molar-refractivity contribution < 1.29 is 9.59 Å². The molecule has 2 aliphatic rings. The van der Waals surface area contributed by atoms with Crippen LogP contribution in [0.5, 0.6) is 0 Å². The van der Waals surface area contributed by atoms with E-state index in [9.17, 15) is 9.59 Å². The quantitative estimate of drug-likeness (QED) is 0.845. The summed E-state index contributed by atoms with van der Waals surface area (Å²) < 4.78 is 0. The Morgan fingerprint density at radius 2 is 2.10 bits per heavy atom. The molecule has 2 aliphatic heterocycles. The van der Waals surface area contributed by atoms with E-state index < -0.39 is 0 Å². The lowest BCUT2D eigenvalue weighted by atomic mass is 9.98. The molecule has 2 heterocycles. The van der Waals surface area contributed by atoms with Gasteiger partial charge in [0, 0.05) is 13.1 Å². The molecule has 2 fully saturated rings. The van der Waals surface area contributed by atoms with Gasteiger partial charge in [0.2, 0.25) is 11.8 Å². The first-order valence-corrected chi connectivity index (χ1v) is 7.56. The fraction of sp³-hybridized carbons (Fsp3) is 0.467. The number of carbonyl (C=O) groups excluding carboxylic acids is 2. The Labute approximate surface area is 128 Å². The molecule has 1 unspecified atom stereocenters. The van der Waals surface area contributed by atoms with Gasteiger partial charge in [-0.15, -0.1) is 0 Å². The van der Waals surface area contributed by atoms with Crippen LogP contribution in [0.4, 0.5) is 5.69 Å². The van der Waals surface area contributed by atoms with Gasteiger partial charge < -0.3 is 15.5 Å². The summed E-state index contributed by atoms with van der Waals surface area (Å²) >= 11 is 5.90. The van der Waals surface area contributed by atoms with E-state index in [1.807, 2.05) is 6.07 Å². The van der Waals surface area contributed by atoms with Gasteiger partial charge in [-0.05, 0) is 37.0 Å². The van der Waals surface area contributed by atoms with Crippen molar-refractivity contribution in [3.63, 3.8) is 0 Å². The van der Waals surface area contributed by atoms with Crippen molar-refractivity contribution in [2.45, 2.75) is 31.8 Å². The molecule has 21 heavy (non-hydrogen) atoms. The number of rotatable bonds is 2. The molecule has 0 bridgehead atoms. The number of piperidine rings is 1. The number of carbonyl (C=O) groups is 2. The fourth-order valence-corrected chi connectivity index (χ4v) is 3.19. The Bertz CT molecular complexity index is 590. The number of hydrogen-bond donors (Lipinski definition) is 1. The van der Waals surface area contributed by atoms with E-state index in [2.05, 4.69) is 0 Å². The van der Waals surface area contributed by atoms with Crippen LogP contribution >= 0.6 is 11.6 Å². The van der Waals surface area contributed by atoms with E-state index in [0.717, 1.165) is 24.8 Å². The third-order valence-corrected chi connectivity index (χ3v) is 4.52. The lowest BCUT2D eigenvalue weighted by molar-refractivity contribution is -0.158. The van der Waals surface area contributed by atoms with Crippen molar-refractivity contribution in [3.8, 4) is 0 Å². The summed E-state index contributed by atoms with van der Waals surface area (Å²) in [6.45, 7) is 1.26. The Kier molecular flexibility index (Phi) is 3.76. The van der Waals surface area contributed by atoms with Crippen molar-refractivity contribution >= 4 is 29.1 Å². The van der Waals surface area contributed by atoms with Crippen LogP contribution in [0.15, 0.2) is 18.2 Å². The Balaban J connectivity index is 1.77. The molecule has 2 saturated heterocycles. The number of nitrogens with two attached hydrogens (primary N) is 1. The summed E-state index contributed by atoms with van der Waals surface area (Å²) in [7, 11) is 0. The first-order chi connectivity index (χ1) is 10.1. The minimum Gasteiger partial charge on any atom is -0.398 e. The monoisotopic (exact) mass is 307 g/mol. The number of piperazine rings is 1. The van der Waals surface area contributed by atoms with Crippen molar-refractivity contribution in [1.29, 1.82) is 0 Å². The third kappa shape index (κ3) is 2.70. The highest BCUT2D eigenvalue weighted by molar-refractivity contribution is 6.33. The van der Waals surface area contributed by atoms with Crippen LogP contribution in [0, 0.1) is 0 Å².